The van der Waals surface area contributed by atoms with Gasteiger partial charge in [0.05, 0.1) is 16.5 Å². The first-order valence-corrected chi connectivity index (χ1v) is 8.24. The van der Waals surface area contributed by atoms with Gasteiger partial charge in [-0.25, -0.2) is 13.4 Å². The van der Waals surface area contributed by atoms with Crippen LogP contribution in [0.4, 0.5) is 5.82 Å². The second kappa shape index (κ2) is 5.62. The van der Waals surface area contributed by atoms with Crippen molar-refractivity contribution < 1.29 is 8.42 Å². The summed E-state index contributed by atoms with van der Waals surface area (Å²) < 4.78 is 27.4. The molecule has 0 aliphatic heterocycles. The SMILES string of the molecule is N#Cc1ccnc(NS(=O)(=O)C2=Cc3ccccc3CC2)c1. The molecule has 1 heterocycles. The molecule has 1 aliphatic carbocycles. The number of nitrogens with one attached hydrogen (secondary N) is 1. The summed E-state index contributed by atoms with van der Waals surface area (Å²) in [6, 6.07) is 12.6. The fourth-order valence-corrected chi connectivity index (χ4v) is 3.55. The Hall–Kier alpha value is -2.65. The minimum atomic E-state index is -3.66. The summed E-state index contributed by atoms with van der Waals surface area (Å²) in [5.74, 6) is 0.152. The van der Waals surface area contributed by atoms with Gasteiger partial charge in [0.25, 0.3) is 10.0 Å². The van der Waals surface area contributed by atoms with Crippen LogP contribution in [0.3, 0.4) is 0 Å². The number of sulfonamides is 1. The van der Waals surface area contributed by atoms with E-state index in [1.165, 1.54) is 18.3 Å². The summed E-state index contributed by atoms with van der Waals surface area (Å²) in [5.41, 5.74) is 2.43. The molecule has 0 saturated carbocycles. The normalized spacial score (nSPS) is 13.7. The molecule has 0 atom stereocenters. The number of aromatic nitrogens is 1. The molecule has 0 radical (unpaired) electrons. The van der Waals surface area contributed by atoms with Crippen LogP contribution in [0.1, 0.15) is 23.1 Å². The van der Waals surface area contributed by atoms with Gasteiger partial charge < -0.3 is 0 Å². The number of nitrogens with zero attached hydrogens (tertiary/aromatic N) is 2. The Labute approximate surface area is 129 Å². The minimum Gasteiger partial charge on any atom is -0.264 e. The zero-order valence-electron chi connectivity index (χ0n) is 11.7. The Balaban J connectivity index is 1.91. The van der Waals surface area contributed by atoms with E-state index in [0.29, 0.717) is 23.3 Å². The first-order valence-electron chi connectivity index (χ1n) is 6.76. The second-order valence-corrected chi connectivity index (χ2v) is 6.69. The summed E-state index contributed by atoms with van der Waals surface area (Å²) in [4.78, 5) is 4.27. The molecule has 1 N–H and O–H groups in total. The number of anilines is 1. The van der Waals surface area contributed by atoms with Crippen molar-refractivity contribution in [3.8, 4) is 6.07 Å². The summed E-state index contributed by atoms with van der Waals surface area (Å²) in [6.07, 6.45) is 4.23. The van der Waals surface area contributed by atoms with E-state index in [4.69, 9.17) is 5.26 Å². The highest BCUT2D eigenvalue weighted by Crippen LogP contribution is 2.27. The van der Waals surface area contributed by atoms with Crippen molar-refractivity contribution in [1.29, 1.82) is 5.26 Å². The van der Waals surface area contributed by atoms with Crippen LogP contribution in [-0.4, -0.2) is 13.4 Å². The number of aryl methyl sites for hydroxylation is 1. The molecule has 1 aliphatic rings. The molecule has 22 heavy (non-hydrogen) atoms. The molecule has 0 fully saturated rings. The average Bonchev–Trinajstić information content (AvgIpc) is 2.54. The molecule has 0 saturated heterocycles. The highest BCUT2D eigenvalue weighted by Gasteiger charge is 2.22. The zero-order chi connectivity index (χ0) is 15.6. The highest BCUT2D eigenvalue weighted by molar-refractivity contribution is 7.96. The van der Waals surface area contributed by atoms with E-state index < -0.39 is 10.0 Å². The van der Waals surface area contributed by atoms with Gasteiger partial charge in [-0.3, -0.25) is 4.72 Å². The molecular formula is C16H13N3O2S. The Morgan fingerprint density at radius 2 is 2.00 bits per heavy atom. The average molecular weight is 311 g/mol. The van der Waals surface area contributed by atoms with Gasteiger partial charge in [0, 0.05) is 6.20 Å². The summed E-state index contributed by atoms with van der Waals surface area (Å²) in [7, 11) is -3.66. The Morgan fingerprint density at radius 3 is 2.82 bits per heavy atom. The van der Waals surface area contributed by atoms with Gasteiger partial charge in [0.1, 0.15) is 5.82 Å². The molecule has 6 heteroatoms. The van der Waals surface area contributed by atoms with E-state index in [1.807, 2.05) is 30.3 Å². The zero-order valence-corrected chi connectivity index (χ0v) is 12.5. The van der Waals surface area contributed by atoms with Crippen LogP contribution in [0.25, 0.3) is 6.08 Å². The fraction of sp³-hybridized carbons (Fsp3) is 0.125. The standard InChI is InChI=1S/C16H13N3O2S/c17-11-12-7-8-18-16(9-12)19-22(20,21)15-6-5-13-3-1-2-4-14(13)10-15/h1-4,7-10H,5-6H2,(H,18,19). The number of hydrogen-bond donors (Lipinski definition) is 1. The third kappa shape index (κ3) is 2.85. The van der Waals surface area contributed by atoms with Crippen molar-refractivity contribution >= 4 is 21.9 Å². The highest BCUT2D eigenvalue weighted by atomic mass is 32.2. The van der Waals surface area contributed by atoms with E-state index in [0.717, 1.165) is 11.1 Å². The van der Waals surface area contributed by atoms with Gasteiger partial charge in [-0.2, -0.15) is 5.26 Å². The lowest BCUT2D eigenvalue weighted by Crippen LogP contribution is -2.18. The van der Waals surface area contributed by atoms with Gasteiger partial charge in [-0.15, -0.1) is 0 Å². The molecule has 3 rings (SSSR count). The minimum absolute atomic E-state index is 0.152. The van der Waals surface area contributed by atoms with Gasteiger partial charge >= 0.3 is 0 Å². The number of hydrogen-bond acceptors (Lipinski definition) is 4. The smallest absolute Gasteiger partial charge is 0.259 e. The molecule has 0 amide bonds. The van der Waals surface area contributed by atoms with Crippen LogP contribution in [0.2, 0.25) is 0 Å². The maximum atomic E-state index is 12.5. The summed E-state index contributed by atoms with van der Waals surface area (Å²) in [5, 5.41) is 8.85. The lowest BCUT2D eigenvalue weighted by Gasteiger charge is -2.17. The Bertz CT molecular complexity index is 896. The van der Waals surface area contributed by atoms with E-state index in [-0.39, 0.29) is 5.82 Å². The third-order valence-corrected chi connectivity index (χ3v) is 4.98. The number of pyridine rings is 1. The number of benzene rings is 1. The molecule has 2 aromatic rings. The summed E-state index contributed by atoms with van der Waals surface area (Å²) >= 11 is 0. The van der Waals surface area contributed by atoms with Gasteiger partial charge in [-0.05, 0) is 42.2 Å². The number of fused-ring (bicyclic) bond motifs is 1. The van der Waals surface area contributed by atoms with Crippen molar-refractivity contribution in [1.82, 2.24) is 4.98 Å². The number of allylic oxidation sites excluding steroid dienone is 1. The first kappa shape index (κ1) is 14.3. The lowest BCUT2D eigenvalue weighted by molar-refractivity contribution is 0.605. The van der Waals surface area contributed by atoms with Crippen LogP contribution in [-0.2, 0) is 16.4 Å². The maximum Gasteiger partial charge on any atom is 0.259 e. The van der Waals surface area contributed by atoms with Crippen LogP contribution in [0.15, 0.2) is 47.5 Å². The topological polar surface area (TPSA) is 82.8 Å². The molecular weight excluding hydrogens is 298 g/mol. The molecule has 110 valence electrons. The van der Waals surface area contributed by atoms with Crippen LogP contribution in [0, 0.1) is 11.3 Å². The van der Waals surface area contributed by atoms with Crippen LogP contribution in [0.5, 0.6) is 0 Å². The van der Waals surface area contributed by atoms with Crippen molar-refractivity contribution in [2.45, 2.75) is 12.8 Å². The Kier molecular flexibility index (Phi) is 3.65. The lowest BCUT2D eigenvalue weighted by atomic mass is 9.98. The predicted molar refractivity (Wildman–Crippen MR) is 84.2 cm³/mol. The van der Waals surface area contributed by atoms with E-state index in [9.17, 15) is 8.42 Å². The van der Waals surface area contributed by atoms with Gasteiger partial charge in [0.15, 0.2) is 0 Å². The van der Waals surface area contributed by atoms with Crippen molar-refractivity contribution in [3.63, 3.8) is 0 Å². The molecule has 0 spiro atoms. The van der Waals surface area contributed by atoms with E-state index in [2.05, 4.69) is 9.71 Å². The van der Waals surface area contributed by atoms with Crippen molar-refractivity contribution in [2.75, 3.05) is 4.72 Å². The maximum absolute atomic E-state index is 12.5. The fourth-order valence-electron chi connectivity index (χ4n) is 2.38. The quantitative estimate of drug-likeness (QED) is 0.944. The summed E-state index contributed by atoms with van der Waals surface area (Å²) in [6.45, 7) is 0. The number of rotatable bonds is 3. The molecule has 0 unspecified atom stereocenters. The predicted octanol–water partition coefficient (Wildman–Crippen LogP) is 2.68. The monoisotopic (exact) mass is 311 g/mol. The van der Waals surface area contributed by atoms with Gasteiger partial charge in [-0.1, -0.05) is 24.3 Å². The number of nitriles is 1. The van der Waals surface area contributed by atoms with Gasteiger partial charge in [0.2, 0.25) is 0 Å². The Morgan fingerprint density at radius 1 is 1.18 bits per heavy atom. The second-order valence-electron chi connectivity index (χ2n) is 4.96. The van der Waals surface area contributed by atoms with Crippen LogP contribution < -0.4 is 4.72 Å². The van der Waals surface area contributed by atoms with E-state index in [1.54, 1.807) is 6.08 Å². The molecule has 0 bridgehead atoms. The largest absolute Gasteiger partial charge is 0.264 e. The third-order valence-electron chi connectivity index (χ3n) is 3.49. The van der Waals surface area contributed by atoms with Crippen LogP contribution >= 0.6 is 0 Å². The first-order chi connectivity index (χ1) is 10.6. The molecule has 1 aromatic heterocycles. The molecule has 1 aromatic carbocycles. The van der Waals surface area contributed by atoms with Crippen molar-refractivity contribution in [3.05, 3.63) is 64.2 Å². The molecule has 5 nitrogen and oxygen atoms in total. The van der Waals surface area contributed by atoms with Crippen molar-refractivity contribution in [2.24, 2.45) is 0 Å². The van der Waals surface area contributed by atoms with E-state index >= 15 is 0 Å².